The van der Waals surface area contributed by atoms with Crippen molar-refractivity contribution < 1.29 is 9.53 Å². The van der Waals surface area contributed by atoms with Crippen LogP contribution in [0, 0.1) is 0 Å². The Balaban J connectivity index is 2.00. The lowest BCUT2D eigenvalue weighted by Gasteiger charge is -2.05. The van der Waals surface area contributed by atoms with Gasteiger partial charge in [0.1, 0.15) is 0 Å². The normalized spacial score (nSPS) is 10.2. The molecule has 1 heterocycles. The van der Waals surface area contributed by atoms with Crippen LogP contribution < -0.4 is 5.32 Å². The number of aryl methyl sites for hydroxylation is 1. The van der Waals surface area contributed by atoms with Crippen molar-refractivity contribution in [1.29, 1.82) is 0 Å². The summed E-state index contributed by atoms with van der Waals surface area (Å²) in [4.78, 5) is 12.7. The zero-order valence-electron chi connectivity index (χ0n) is 10.2. The maximum atomic E-state index is 11.5. The number of amides is 1. The lowest BCUT2D eigenvalue weighted by atomic mass is 10.2. The van der Waals surface area contributed by atoms with Gasteiger partial charge in [-0.05, 0) is 24.8 Å². The van der Waals surface area contributed by atoms with E-state index in [1.54, 1.807) is 11.3 Å². The summed E-state index contributed by atoms with van der Waals surface area (Å²) in [6.07, 6.45) is 1.36. The predicted octanol–water partition coefficient (Wildman–Crippen LogP) is 2.39. The van der Waals surface area contributed by atoms with E-state index in [1.165, 1.54) is 4.88 Å². The van der Waals surface area contributed by atoms with Gasteiger partial charge in [-0.3, -0.25) is 4.79 Å². The molecule has 0 aromatic carbocycles. The van der Waals surface area contributed by atoms with Crippen molar-refractivity contribution in [2.45, 2.75) is 19.8 Å². The molecule has 0 unspecified atom stereocenters. The van der Waals surface area contributed by atoms with Gasteiger partial charge in [-0.1, -0.05) is 18.2 Å². The van der Waals surface area contributed by atoms with Crippen LogP contribution in [0.1, 0.15) is 18.2 Å². The summed E-state index contributed by atoms with van der Waals surface area (Å²) >= 11 is 1.69. The summed E-state index contributed by atoms with van der Waals surface area (Å²) in [5.41, 5.74) is 0.994. The average Bonchev–Trinajstić information content (AvgIpc) is 2.78. The summed E-state index contributed by atoms with van der Waals surface area (Å²) in [6, 6.07) is 4.05. The summed E-state index contributed by atoms with van der Waals surface area (Å²) in [7, 11) is 0. The Morgan fingerprint density at radius 2 is 2.41 bits per heavy atom. The van der Waals surface area contributed by atoms with E-state index in [0.717, 1.165) is 12.0 Å². The summed E-state index contributed by atoms with van der Waals surface area (Å²) < 4.78 is 5.28. The summed E-state index contributed by atoms with van der Waals surface area (Å²) in [5.74, 6) is 0.0809. The highest BCUT2D eigenvalue weighted by Gasteiger charge is 2.02. The van der Waals surface area contributed by atoms with Crippen molar-refractivity contribution in [2.24, 2.45) is 0 Å². The highest BCUT2D eigenvalue weighted by Crippen LogP contribution is 2.10. The van der Waals surface area contributed by atoms with Gasteiger partial charge in [0, 0.05) is 17.8 Å². The first kappa shape index (κ1) is 13.9. The van der Waals surface area contributed by atoms with Crippen LogP contribution in [-0.2, 0) is 16.0 Å². The molecule has 0 fully saturated rings. The van der Waals surface area contributed by atoms with Crippen molar-refractivity contribution >= 4 is 17.2 Å². The van der Waals surface area contributed by atoms with E-state index in [9.17, 15) is 4.79 Å². The molecule has 1 amide bonds. The number of thiophene rings is 1. The third-order valence-corrected chi connectivity index (χ3v) is 3.03. The smallest absolute Gasteiger partial charge is 0.220 e. The monoisotopic (exact) mass is 253 g/mol. The maximum absolute atomic E-state index is 11.5. The van der Waals surface area contributed by atoms with Gasteiger partial charge in [0.15, 0.2) is 0 Å². The van der Waals surface area contributed by atoms with Gasteiger partial charge in [-0.15, -0.1) is 11.3 Å². The number of hydrogen-bond acceptors (Lipinski definition) is 3. The molecule has 4 heteroatoms. The van der Waals surface area contributed by atoms with Gasteiger partial charge < -0.3 is 10.1 Å². The van der Waals surface area contributed by atoms with E-state index in [2.05, 4.69) is 11.9 Å². The number of nitrogens with one attached hydrogen (secondary N) is 1. The Hall–Kier alpha value is -1.13. The van der Waals surface area contributed by atoms with Gasteiger partial charge >= 0.3 is 0 Å². The number of ether oxygens (including phenoxy) is 1. The fourth-order valence-corrected chi connectivity index (χ4v) is 2.00. The SMILES string of the molecule is C=C(C)COCCNC(=O)CCc1cccs1. The van der Waals surface area contributed by atoms with Crippen LogP contribution in [0.4, 0.5) is 0 Å². The molecule has 0 atom stereocenters. The van der Waals surface area contributed by atoms with Crippen molar-refractivity contribution in [3.63, 3.8) is 0 Å². The number of rotatable bonds is 8. The standard InChI is InChI=1S/C13H19NO2S/c1-11(2)10-16-8-7-14-13(15)6-5-12-4-3-9-17-12/h3-4,9H,1,5-8,10H2,2H3,(H,14,15). The van der Waals surface area contributed by atoms with E-state index >= 15 is 0 Å². The predicted molar refractivity (Wildman–Crippen MR) is 71.3 cm³/mol. The third kappa shape index (κ3) is 6.92. The molecular weight excluding hydrogens is 234 g/mol. The molecular formula is C13H19NO2S. The third-order valence-electron chi connectivity index (χ3n) is 2.10. The summed E-state index contributed by atoms with van der Waals surface area (Å²) in [5, 5.41) is 4.86. The van der Waals surface area contributed by atoms with Crippen LogP contribution in [0.15, 0.2) is 29.7 Å². The molecule has 17 heavy (non-hydrogen) atoms. The minimum atomic E-state index is 0.0809. The fourth-order valence-electron chi connectivity index (χ4n) is 1.29. The molecule has 1 rings (SSSR count). The van der Waals surface area contributed by atoms with Crippen LogP contribution in [0.2, 0.25) is 0 Å². The molecule has 0 radical (unpaired) electrons. The second kappa shape index (κ2) is 8.03. The number of carbonyl (C=O) groups is 1. The Labute approximate surface area is 106 Å². The highest BCUT2D eigenvalue weighted by molar-refractivity contribution is 7.09. The Morgan fingerprint density at radius 3 is 3.06 bits per heavy atom. The molecule has 1 N–H and O–H groups in total. The fraction of sp³-hybridized carbons (Fsp3) is 0.462. The Kier molecular flexibility index (Phi) is 6.58. The highest BCUT2D eigenvalue weighted by atomic mass is 32.1. The summed E-state index contributed by atoms with van der Waals surface area (Å²) in [6.45, 7) is 7.32. The molecule has 94 valence electrons. The molecule has 0 aliphatic rings. The molecule has 0 bridgehead atoms. The van der Waals surface area contributed by atoms with Gasteiger partial charge in [0.2, 0.25) is 5.91 Å². The first-order chi connectivity index (χ1) is 8.18. The molecule has 0 saturated carbocycles. The van der Waals surface area contributed by atoms with Crippen LogP contribution in [0.3, 0.4) is 0 Å². The van der Waals surface area contributed by atoms with Crippen LogP contribution in [-0.4, -0.2) is 25.7 Å². The van der Waals surface area contributed by atoms with Gasteiger partial charge in [0.25, 0.3) is 0 Å². The van der Waals surface area contributed by atoms with E-state index in [4.69, 9.17) is 4.74 Å². The second-order valence-electron chi connectivity index (χ2n) is 3.94. The molecule has 0 saturated heterocycles. The van der Waals surface area contributed by atoms with Crippen LogP contribution >= 0.6 is 11.3 Å². The average molecular weight is 253 g/mol. The van der Waals surface area contributed by atoms with Crippen molar-refractivity contribution in [3.05, 3.63) is 34.5 Å². The zero-order valence-corrected chi connectivity index (χ0v) is 11.0. The van der Waals surface area contributed by atoms with Crippen molar-refractivity contribution in [2.75, 3.05) is 19.8 Å². The van der Waals surface area contributed by atoms with Crippen LogP contribution in [0.5, 0.6) is 0 Å². The molecule has 0 aliphatic heterocycles. The zero-order chi connectivity index (χ0) is 12.5. The number of hydrogen-bond donors (Lipinski definition) is 1. The molecule has 0 spiro atoms. The maximum Gasteiger partial charge on any atom is 0.220 e. The topological polar surface area (TPSA) is 38.3 Å². The van der Waals surface area contributed by atoms with Gasteiger partial charge in [-0.25, -0.2) is 0 Å². The molecule has 3 nitrogen and oxygen atoms in total. The molecule has 0 aliphatic carbocycles. The quantitative estimate of drug-likeness (QED) is 0.570. The van der Waals surface area contributed by atoms with E-state index < -0.39 is 0 Å². The Bertz CT molecular complexity index is 346. The Morgan fingerprint density at radius 1 is 1.59 bits per heavy atom. The van der Waals surface area contributed by atoms with Crippen LogP contribution in [0.25, 0.3) is 0 Å². The van der Waals surface area contributed by atoms with Crippen molar-refractivity contribution in [1.82, 2.24) is 5.32 Å². The van der Waals surface area contributed by atoms with Gasteiger partial charge in [0.05, 0.1) is 13.2 Å². The minimum Gasteiger partial charge on any atom is -0.375 e. The number of carbonyl (C=O) groups excluding carboxylic acids is 1. The van der Waals surface area contributed by atoms with E-state index in [0.29, 0.717) is 26.2 Å². The first-order valence-electron chi connectivity index (χ1n) is 5.69. The van der Waals surface area contributed by atoms with Crippen molar-refractivity contribution in [3.8, 4) is 0 Å². The molecule has 1 aromatic heterocycles. The minimum absolute atomic E-state index is 0.0809. The van der Waals surface area contributed by atoms with E-state index in [1.807, 2.05) is 24.4 Å². The second-order valence-corrected chi connectivity index (χ2v) is 4.97. The van der Waals surface area contributed by atoms with E-state index in [-0.39, 0.29) is 5.91 Å². The lowest BCUT2D eigenvalue weighted by Crippen LogP contribution is -2.27. The first-order valence-corrected chi connectivity index (χ1v) is 6.57. The molecule has 1 aromatic rings. The lowest BCUT2D eigenvalue weighted by molar-refractivity contribution is -0.121. The largest absolute Gasteiger partial charge is 0.375 e. The van der Waals surface area contributed by atoms with Gasteiger partial charge in [-0.2, -0.15) is 0 Å².